The van der Waals surface area contributed by atoms with Crippen LogP contribution >= 0.6 is 0 Å². The lowest BCUT2D eigenvalue weighted by Gasteiger charge is -2.42. The van der Waals surface area contributed by atoms with Gasteiger partial charge < -0.3 is 14.3 Å². The van der Waals surface area contributed by atoms with Crippen molar-refractivity contribution < 1.29 is 19.1 Å². The summed E-state index contributed by atoms with van der Waals surface area (Å²) in [6.07, 6.45) is 16.1. The molecule has 0 heterocycles. The molecule has 2 atom stereocenters. The van der Waals surface area contributed by atoms with Crippen molar-refractivity contribution in [1.29, 1.82) is 0 Å². The topological polar surface area (TPSA) is 49.4 Å². The number of allylic oxidation sites excluding steroid dienone is 1. The van der Waals surface area contributed by atoms with Crippen LogP contribution in [0.5, 0.6) is 0 Å². The minimum absolute atomic E-state index is 0.109. The van der Waals surface area contributed by atoms with Crippen molar-refractivity contribution in [3.63, 3.8) is 0 Å². The highest BCUT2D eigenvalue weighted by molar-refractivity contribution is 5.68. The quantitative estimate of drug-likeness (QED) is 0.177. The van der Waals surface area contributed by atoms with Gasteiger partial charge in [0.1, 0.15) is 0 Å². The number of hydrogen-bond donors (Lipinski definition) is 0. The molecular formula is C22H43NO3. The summed E-state index contributed by atoms with van der Waals surface area (Å²) in [5.41, 5.74) is 0. The Morgan fingerprint density at radius 1 is 1.00 bits per heavy atom. The molecule has 4 nitrogen and oxygen atoms in total. The Labute approximate surface area is 162 Å². The van der Waals surface area contributed by atoms with E-state index in [9.17, 15) is 9.90 Å². The van der Waals surface area contributed by atoms with Crippen molar-refractivity contribution >= 4 is 5.97 Å². The SMILES string of the molecule is CCCCCC(C([O-])C/C=C/CCCCCCCC(=O)OC)[N+](C)(C)C. The molecule has 0 radical (unpaired) electrons. The lowest BCUT2D eigenvalue weighted by atomic mass is 9.98. The van der Waals surface area contributed by atoms with E-state index < -0.39 is 6.10 Å². The van der Waals surface area contributed by atoms with Crippen LogP contribution in [0.3, 0.4) is 0 Å². The van der Waals surface area contributed by atoms with Crippen LogP contribution in [0.1, 0.15) is 84.0 Å². The average Bonchev–Trinajstić information content (AvgIpc) is 2.58. The first-order valence-electron chi connectivity index (χ1n) is 10.5. The fraction of sp³-hybridized carbons (Fsp3) is 0.864. The summed E-state index contributed by atoms with van der Waals surface area (Å²) in [5, 5.41) is 12.6. The van der Waals surface area contributed by atoms with Gasteiger partial charge in [0.25, 0.3) is 0 Å². The third-order valence-electron chi connectivity index (χ3n) is 5.04. The zero-order valence-corrected chi connectivity index (χ0v) is 18.0. The number of likely N-dealkylation sites (N-methyl/N-ethyl adjacent to an activating group) is 1. The Morgan fingerprint density at radius 2 is 1.65 bits per heavy atom. The molecule has 0 aliphatic heterocycles. The molecule has 0 bridgehead atoms. The third kappa shape index (κ3) is 13.3. The molecule has 0 aromatic carbocycles. The summed E-state index contributed by atoms with van der Waals surface area (Å²) in [6, 6.07) is 0.195. The normalized spacial score (nSPS) is 14.5. The molecule has 0 aliphatic rings. The summed E-state index contributed by atoms with van der Waals surface area (Å²) in [5.74, 6) is -0.109. The van der Waals surface area contributed by atoms with E-state index in [1.165, 1.54) is 26.4 Å². The number of methoxy groups -OCH3 is 1. The van der Waals surface area contributed by atoms with Crippen LogP contribution < -0.4 is 5.11 Å². The van der Waals surface area contributed by atoms with Crippen LogP contribution in [0, 0.1) is 0 Å². The first kappa shape index (κ1) is 25.1. The summed E-state index contributed by atoms with van der Waals surface area (Å²) >= 11 is 0. The molecule has 0 aliphatic carbocycles. The van der Waals surface area contributed by atoms with E-state index in [0.29, 0.717) is 12.8 Å². The van der Waals surface area contributed by atoms with E-state index in [1.807, 2.05) is 0 Å². The fourth-order valence-corrected chi connectivity index (χ4v) is 3.34. The van der Waals surface area contributed by atoms with Crippen LogP contribution in [-0.2, 0) is 9.53 Å². The van der Waals surface area contributed by atoms with E-state index >= 15 is 0 Å². The summed E-state index contributed by atoms with van der Waals surface area (Å²) in [6.45, 7) is 2.21. The maximum atomic E-state index is 12.6. The van der Waals surface area contributed by atoms with Crippen LogP contribution in [0.25, 0.3) is 0 Å². The molecule has 154 valence electrons. The van der Waals surface area contributed by atoms with Crippen molar-refractivity contribution in [3.8, 4) is 0 Å². The predicted octanol–water partition coefficient (Wildman–Crippen LogP) is 4.22. The zero-order chi connectivity index (χ0) is 19.8. The maximum Gasteiger partial charge on any atom is 0.305 e. The highest BCUT2D eigenvalue weighted by Gasteiger charge is 2.24. The van der Waals surface area contributed by atoms with E-state index in [1.54, 1.807) is 0 Å². The largest absolute Gasteiger partial charge is 0.848 e. The minimum Gasteiger partial charge on any atom is -0.848 e. The van der Waals surface area contributed by atoms with Gasteiger partial charge in [-0.2, -0.15) is 0 Å². The molecule has 0 fully saturated rings. The second kappa shape index (κ2) is 15.2. The average molecular weight is 370 g/mol. The fourth-order valence-electron chi connectivity index (χ4n) is 3.34. The van der Waals surface area contributed by atoms with E-state index in [0.717, 1.165) is 49.4 Å². The monoisotopic (exact) mass is 369 g/mol. The number of carbonyl (C=O) groups excluding carboxylic acids is 1. The Morgan fingerprint density at radius 3 is 2.27 bits per heavy atom. The van der Waals surface area contributed by atoms with Gasteiger partial charge in [-0.15, -0.1) is 0 Å². The van der Waals surface area contributed by atoms with Gasteiger partial charge in [0.05, 0.1) is 34.3 Å². The predicted molar refractivity (Wildman–Crippen MR) is 108 cm³/mol. The Hall–Kier alpha value is -0.870. The molecular weight excluding hydrogens is 326 g/mol. The number of quaternary nitrogens is 1. The lowest BCUT2D eigenvalue weighted by molar-refractivity contribution is -0.907. The number of nitrogens with zero attached hydrogens (tertiary/aromatic N) is 1. The Balaban J connectivity index is 3.87. The molecule has 0 saturated carbocycles. The van der Waals surface area contributed by atoms with Crippen LogP contribution in [0.4, 0.5) is 0 Å². The number of hydrogen-bond acceptors (Lipinski definition) is 3. The smallest absolute Gasteiger partial charge is 0.305 e. The van der Waals surface area contributed by atoms with Crippen LogP contribution in [0.15, 0.2) is 12.2 Å². The zero-order valence-electron chi connectivity index (χ0n) is 18.0. The van der Waals surface area contributed by atoms with Gasteiger partial charge in [-0.3, -0.25) is 4.79 Å². The van der Waals surface area contributed by atoms with Crippen molar-refractivity contribution in [3.05, 3.63) is 12.2 Å². The van der Waals surface area contributed by atoms with Gasteiger partial charge >= 0.3 is 5.97 Å². The van der Waals surface area contributed by atoms with Crippen LogP contribution in [-0.4, -0.2) is 50.9 Å². The van der Waals surface area contributed by atoms with Crippen LogP contribution in [0.2, 0.25) is 0 Å². The van der Waals surface area contributed by atoms with Crippen molar-refractivity contribution in [2.24, 2.45) is 0 Å². The van der Waals surface area contributed by atoms with Gasteiger partial charge in [-0.05, 0) is 38.5 Å². The molecule has 4 heteroatoms. The Bertz CT molecular complexity index is 374. The number of rotatable bonds is 16. The molecule has 2 unspecified atom stereocenters. The summed E-state index contributed by atoms with van der Waals surface area (Å²) in [7, 11) is 7.87. The molecule has 0 spiro atoms. The molecule has 0 rings (SSSR count). The highest BCUT2D eigenvalue weighted by Crippen LogP contribution is 2.17. The molecule has 0 saturated heterocycles. The minimum atomic E-state index is -0.513. The van der Waals surface area contributed by atoms with E-state index in [-0.39, 0.29) is 12.0 Å². The van der Waals surface area contributed by atoms with Crippen molar-refractivity contribution in [2.45, 2.75) is 96.1 Å². The number of esters is 1. The lowest BCUT2D eigenvalue weighted by Crippen LogP contribution is -2.55. The second-order valence-corrected chi connectivity index (χ2v) is 8.31. The van der Waals surface area contributed by atoms with Gasteiger partial charge in [0, 0.05) is 6.42 Å². The van der Waals surface area contributed by atoms with E-state index in [2.05, 4.69) is 45.0 Å². The first-order valence-corrected chi connectivity index (χ1v) is 10.5. The summed E-state index contributed by atoms with van der Waals surface area (Å²) in [4.78, 5) is 11.0. The molecule has 26 heavy (non-hydrogen) atoms. The maximum absolute atomic E-state index is 12.6. The van der Waals surface area contributed by atoms with E-state index in [4.69, 9.17) is 0 Å². The number of unbranched alkanes of at least 4 members (excludes halogenated alkanes) is 7. The number of carbonyl (C=O) groups is 1. The molecule has 0 aromatic heterocycles. The molecule has 0 amide bonds. The molecule has 0 aromatic rings. The summed E-state index contributed by atoms with van der Waals surface area (Å²) < 4.78 is 5.39. The standard InChI is InChI=1S/C22H43NO3/c1-6-7-14-17-20(23(2,3)4)21(24)18-15-12-10-8-9-11-13-16-19-22(25)26-5/h12,15,20-21H,6-11,13-14,16-19H2,1-5H3/b15-12+. The second-order valence-electron chi connectivity index (χ2n) is 8.31. The van der Waals surface area contributed by atoms with Gasteiger partial charge in [0.2, 0.25) is 0 Å². The van der Waals surface area contributed by atoms with Crippen molar-refractivity contribution in [2.75, 3.05) is 28.3 Å². The highest BCUT2D eigenvalue weighted by atomic mass is 16.5. The Kier molecular flexibility index (Phi) is 14.7. The van der Waals surface area contributed by atoms with Gasteiger partial charge in [0.15, 0.2) is 0 Å². The third-order valence-corrected chi connectivity index (χ3v) is 5.04. The van der Waals surface area contributed by atoms with Gasteiger partial charge in [-0.1, -0.05) is 57.3 Å². The van der Waals surface area contributed by atoms with Crippen molar-refractivity contribution in [1.82, 2.24) is 0 Å². The first-order chi connectivity index (χ1) is 12.3. The van der Waals surface area contributed by atoms with Gasteiger partial charge in [-0.25, -0.2) is 0 Å². The molecule has 0 N–H and O–H groups in total. The number of ether oxygens (including phenoxy) is 1.